The van der Waals surface area contributed by atoms with Gasteiger partial charge in [0.2, 0.25) is 11.9 Å². The van der Waals surface area contributed by atoms with Gasteiger partial charge in [0, 0.05) is 22.9 Å². The number of carbonyl (C=O) groups excluding carboxylic acids is 1. The van der Waals surface area contributed by atoms with Crippen LogP contribution in [-0.4, -0.2) is 20.9 Å². The summed E-state index contributed by atoms with van der Waals surface area (Å²) in [4.78, 5) is 23.3. The minimum Gasteiger partial charge on any atom is -0.368 e. The number of nitrogens with one attached hydrogen (secondary N) is 1. The second-order valence-electron chi connectivity index (χ2n) is 6.16. The SMILES string of the molecule is NC(=O)c1ccccc1-c1cc(-c2ccnc(N)n2)[nH]c1-c1ccccc1F. The van der Waals surface area contributed by atoms with Gasteiger partial charge >= 0.3 is 0 Å². The molecule has 0 fully saturated rings. The standard InChI is InChI=1S/C21H16FN5O/c22-16-8-4-3-7-14(16)19-15(12-5-1-2-6-13(12)20(23)28)11-18(26-19)17-9-10-25-21(24)27-17/h1-11,26H,(H2,23,28)(H2,24,25,27). The summed E-state index contributed by atoms with van der Waals surface area (Å²) in [6.07, 6.45) is 1.54. The van der Waals surface area contributed by atoms with Gasteiger partial charge in [0.05, 0.1) is 17.1 Å². The molecule has 5 N–H and O–H groups in total. The molecule has 0 unspecified atom stereocenters. The average Bonchev–Trinajstić information content (AvgIpc) is 3.13. The Morgan fingerprint density at radius 1 is 0.964 bits per heavy atom. The van der Waals surface area contributed by atoms with E-state index in [0.717, 1.165) is 0 Å². The third kappa shape index (κ3) is 3.09. The number of primary amides is 1. The summed E-state index contributed by atoms with van der Waals surface area (Å²) in [6, 6.07) is 16.8. The number of hydrogen-bond acceptors (Lipinski definition) is 4. The quantitative estimate of drug-likeness (QED) is 0.507. The van der Waals surface area contributed by atoms with Gasteiger partial charge < -0.3 is 16.5 Å². The average molecular weight is 373 g/mol. The highest BCUT2D eigenvalue weighted by atomic mass is 19.1. The van der Waals surface area contributed by atoms with E-state index in [1.165, 1.54) is 12.3 Å². The number of H-pyrrole nitrogens is 1. The van der Waals surface area contributed by atoms with E-state index in [0.29, 0.717) is 39.3 Å². The number of nitrogen functional groups attached to an aromatic ring is 1. The Kier molecular flexibility index (Phi) is 4.33. The summed E-state index contributed by atoms with van der Waals surface area (Å²) in [5.74, 6) is -0.835. The molecule has 0 radical (unpaired) electrons. The molecule has 0 atom stereocenters. The summed E-state index contributed by atoms with van der Waals surface area (Å²) >= 11 is 0. The van der Waals surface area contributed by atoms with Gasteiger partial charge in [0.15, 0.2) is 0 Å². The molecule has 0 spiro atoms. The van der Waals surface area contributed by atoms with Crippen LogP contribution < -0.4 is 11.5 Å². The number of nitrogens with zero attached hydrogens (tertiary/aromatic N) is 2. The van der Waals surface area contributed by atoms with Crippen LogP contribution in [-0.2, 0) is 0 Å². The zero-order valence-electron chi connectivity index (χ0n) is 14.7. The molecule has 0 saturated carbocycles. The van der Waals surface area contributed by atoms with Gasteiger partial charge in [-0.05, 0) is 35.9 Å². The van der Waals surface area contributed by atoms with Crippen LogP contribution in [0.2, 0.25) is 0 Å². The Bertz CT molecular complexity index is 1180. The first-order chi connectivity index (χ1) is 13.5. The second-order valence-corrected chi connectivity index (χ2v) is 6.16. The summed E-state index contributed by atoms with van der Waals surface area (Å²) in [7, 11) is 0. The van der Waals surface area contributed by atoms with Gasteiger partial charge in [-0.2, -0.15) is 0 Å². The number of aromatic amines is 1. The number of benzene rings is 2. The van der Waals surface area contributed by atoms with Crippen molar-refractivity contribution in [2.45, 2.75) is 0 Å². The van der Waals surface area contributed by atoms with E-state index >= 15 is 0 Å². The molecule has 2 aromatic heterocycles. The Balaban J connectivity index is 2.00. The molecule has 1 amide bonds. The van der Waals surface area contributed by atoms with Crippen LogP contribution in [0.4, 0.5) is 10.3 Å². The van der Waals surface area contributed by atoms with Gasteiger partial charge in [0.25, 0.3) is 0 Å². The van der Waals surface area contributed by atoms with Crippen molar-refractivity contribution in [1.29, 1.82) is 0 Å². The zero-order chi connectivity index (χ0) is 19.7. The first-order valence-corrected chi connectivity index (χ1v) is 8.50. The first-order valence-electron chi connectivity index (χ1n) is 8.50. The van der Waals surface area contributed by atoms with Crippen LogP contribution in [0.3, 0.4) is 0 Å². The van der Waals surface area contributed by atoms with E-state index in [1.807, 2.05) is 0 Å². The molecule has 0 aliphatic carbocycles. The van der Waals surface area contributed by atoms with E-state index in [2.05, 4.69) is 15.0 Å². The van der Waals surface area contributed by atoms with Gasteiger partial charge in [-0.15, -0.1) is 0 Å². The number of carbonyl (C=O) groups is 1. The highest BCUT2D eigenvalue weighted by Gasteiger charge is 2.19. The maximum Gasteiger partial charge on any atom is 0.249 e. The van der Waals surface area contributed by atoms with Crippen molar-refractivity contribution >= 4 is 11.9 Å². The van der Waals surface area contributed by atoms with Gasteiger partial charge in [-0.3, -0.25) is 4.79 Å². The summed E-state index contributed by atoms with van der Waals surface area (Å²) < 4.78 is 14.5. The number of rotatable bonds is 4. The number of anilines is 1. The Morgan fingerprint density at radius 3 is 2.39 bits per heavy atom. The van der Waals surface area contributed by atoms with Crippen LogP contribution >= 0.6 is 0 Å². The van der Waals surface area contributed by atoms with Crippen LogP contribution in [0, 0.1) is 5.82 Å². The van der Waals surface area contributed by atoms with Gasteiger partial charge in [0.1, 0.15) is 5.82 Å². The monoisotopic (exact) mass is 373 g/mol. The summed E-state index contributed by atoms with van der Waals surface area (Å²) in [6.45, 7) is 0. The fourth-order valence-electron chi connectivity index (χ4n) is 3.14. The molecule has 28 heavy (non-hydrogen) atoms. The van der Waals surface area contributed by atoms with Crippen LogP contribution in [0.15, 0.2) is 66.9 Å². The predicted octanol–water partition coefficient (Wildman–Crippen LogP) is 3.63. The smallest absolute Gasteiger partial charge is 0.249 e. The lowest BCUT2D eigenvalue weighted by atomic mass is 9.96. The molecule has 6 nitrogen and oxygen atoms in total. The highest BCUT2D eigenvalue weighted by molar-refractivity contribution is 6.02. The van der Waals surface area contributed by atoms with Gasteiger partial charge in [-0.25, -0.2) is 14.4 Å². The third-order valence-corrected chi connectivity index (χ3v) is 4.39. The van der Waals surface area contributed by atoms with Gasteiger partial charge in [-0.1, -0.05) is 30.3 Å². The molecule has 2 aromatic carbocycles. The lowest BCUT2D eigenvalue weighted by Gasteiger charge is -2.09. The molecule has 4 rings (SSSR count). The van der Waals surface area contributed by atoms with Crippen molar-refractivity contribution in [3.05, 3.63) is 78.2 Å². The van der Waals surface area contributed by atoms with E-state index < -0.39 is 11.7 Å². The molecule has 0 aliphatic rings. The molecule has 2 heterocycles. The van der Waals surface area contributed by atoms with Crippen molar-refractivity contribution in [2.75, 3.05) is 5.73 Å². The Morgan fingerprint density at radius 2 is 1.68 bits per heavy atom. The van der Waals surface area contributed by atoms with Crippen molar-refractivity contribution in [2.24, 2.45) is 5.73 Å². The molecular weight excluding hydrogens is 357 g/mol. The predicted molar refractivity (Wildman–Crippen MR) is 106 cm³/mol. The molecule has 0 bridgehead atoms. The van der Waals surface area contributed by atoms with Crippen LogP contribution in [0.5, 0.6) is 0 Å². The minimum atomic E-state index is -0.566. The minimum absolute atomic E-state index is 0.124. The van der Waals surface area contributed by atoms with E-state index in [1.54, 1.807) is 54.6 Å². The number of hydrogen-bond donors (Lipinski definition) is 3. The summed E-state index contributed by atoms with van der Waals surface area (Å²) in [5, 5.41) is 0. The zero-order valence-corrected chi connectivity index (χ0v) is 14.7. The van der Waals surface area contributed by atoms with Crippen molar-refractivity contribution < 1.29 is 9.18 Å². The Hall–Kier alpha value is -4.00. The highest BCUT2D eigenvalue weighted by Crippen LogP contribution is 2.37. The van der Waals surface area contributed by atoms with Crippen molar-refractivity contribution in [3.63, 3.8) is 0 Å². The first kappa shape index (κ1) is 17.4. The van der Waals surface area contributed by atoms with Crippen LogP contribution in [0.1, 0.15) is 10.4 Å². The lowest BCUT2D eigenvalue weighted by Crippen LogP contribution is -2.12. The molecular formula is C21H16FN5O. The molecule has 138 valence electrons. The Labute approximate surface area is 160 Å². The molecule has 7 heteroatoms. The number of aromatic nitrogens is 3. The number of amides is 1. The van der Waals surface area contributed by atoms with E-state index in [4.69, 9.17) is 11.5 Å². The topological polar surface area (TPSA) is 111 Å². The normalized spacial score (nSPS) is 10.8. The van der Waals surface area contributed by atoms with Crippen molar-refractivity contribution in [1.82, 2.24) is 15.0 Å². The maximum absolute atomic E-state index is 14.5. The third-order valence-electron chi connectivity index (χ3n) is 4.39. The summed E-state index contributed by atoms with van der Waals surface area (Å²) in [5.41, 5.74) is 14.8. The molecule has 0 aliphatic heterocycles. The van der Waals surface area contributed by atoms with E-state index in [9.17, 15) is 9.18 Å². The van der Waals surface area contributed by atoms with E-state index in [-0.39, 0.29) is 5.95 Å². The lowest BCUT2D eigenvalue weighted by molar-refractivity contribution is 0.100. The van der Waals surface area contributed by atoms with Crippen molar-refractivity contribution in [3.8, 4) is 33.8 Å². The molecule has 0 saturated heterocycles. The molecule has 4 aromatic rings. The number of nitrogens with two attached hydrogens (primary N) is 2. The fourth-order valence-corrected chi connectivity index (χ4v) is 3.14. The largest absolute Gasteiger partial charge is 0.368 e. The number of halogens is 1. The fraction of sp³-hybridized carbons (Fsp3) is 0. The van der Waals surface area contributed by atoms with Crippen LogP contribution in [0.25, 0.3) is 33.8 Å². The second kappa shape index (κ2) is 6.96. The maximum atomic E-state index is 14.5.